The third-order valence-corrected chi connectivity index (χ3v) is 11.6. The van der Waals surface area contributed by atoms with Crippen LogP contribution in [0.5, 0.6) is 23.0 Å². The number of aryl methyl sites for hydroxylation is 4. The van der Waals surface area contributed by atoms with E-state index in [0.717, 1.165) is 48.7 Å². The van der Waals surface area contributed by atoms with Crippen LogP contribution in [0.1, 0.15) is 44.5 Å². The Hall–Kier alpha value is -6.00. The van der Waals surface area contributed by atoms with E-state index in [1.807, 2.05) is 28.4 Å². The molecule has 8 aromatic rings. The summed E-state index contributed by atoms with van der Waals surface area (Å²) in [6.07, 6.45) is 4.48. The van der Waals surface area contributed by atoms with Gasteiger partial charge in [-0.2, -0.15) is 0 Å². The molecule has 4 nitrogen and oxygen atoms in total. The molecule has 8 bridgehead atoms. The van der Waals surface area contributed by atoms with E-state index in [-0.39, 0.29) is 0 Å². The molecule has 1 aliphatic carbocycles. The van der Waals surface area contributed by atoms with E-state index < -0.39 is 0 Å². The second kappa shape index (κ2) is 14.1. The predicted octanol–water partition coefficient (Wildman–Crippen LogP) is 11.4. The van der Waals surface area contributed by atoms with Gasteiger partial charge in [-0.05, 0) is 115 Å². The Morgan fingerprint density at radius 1 is 0.315 bits per heavy atom. The van der Waals surface area contributed by atoms with Crippen LogP contribution in [0, 0.1) is 0 Å². The lowest BCUT2D eigenvalue weighted by Crippen LogP contribution is -2.08. The number of fused-ring (bicyclic) bond motifs is 16. The first-order chi connectivity index (χ1) is 26.6. The molecule has 8 aromatic carbocycles. The third-order valence-electron chi connectivity index (χ3n) is 11.6. The zero-order valence-electron chi connectivity index (χ0n) is 31.4. The van der Waals surface area contributed by atoms with Crippen LogP contribution in [0.25, 0.3) is 43.1 Å². The fourth-order valence-corrected chi connectivity index (χ4v) is 9.22. The van der Waals surface area contributed by atoms with Gasteiger partial charge in [0, 0.05) is 35.1 Å². The molecule has 4 heteroatoms. The molecule has 0 spiro atoms. The summed E-state index contributed by atoms with van der Waals surface area (Å²) >= 11 is 0. The molecule has 0 fully saturated rings. The van der Waals surface area contributed by atoms with Gasteiger partial charge in [-0.1, -0.05) is 97.1 Å². The van der Waals surface area contributed by atoms with E-state index in [1.54, 1.807) is 0 Å². The van der Waals surface area contributed by atoms with Crippen LogP contribution >= 0.6 is 0 Å². The fraction of sp³-hybridized carbons (Fsp3) is 0.200. The van der Waals surface area contributed by atoms with Crippen molar-refractivity contribution in [2.45, 2.75) is 38.5 Å². The van der Waals surface area contributed by atoms with Crippen LogP contribution in [0.2, 0.25) is 0 Å². The van der Waals surface area contributed by atoms with Gasteiger partial charge in [-0.15, -0.1) is 0 Å². The van der Waals surface area contributed by atoms with E-state index in [4.69, 9.17) is 18.9 Å². The van der Waals surface area contributed by atoms with Crippen molar-refractivity contribution < 1.29 is 18.9 Å². The second-order valence-corrected chi connectivity index (χ2v) is 14.4. The van der Waals surface area contributed by atoms with Crippen LogP contribution in [0.4, 0.5) is 0 Å². The first kappa shape index (κ1) is 33.8. The minimum absolute atomic E-state index is 0.669. The number of hydrogen-bond acceptors (Lipinski definition) is 4. The van der Waals surface area contributed by atoms with Crippen molar-refractivity contribution in [1.82, 2.24) is 0 Å². The van der Waals surface area contributed by atoms with Crippen LogP contribution in [-0.2, 0) is 38.5 Å². The highest BCUT2D eigenvalue weighted by Gasteiger charge is 2.24. The standard InChI is InChI=1S/C50H44O4/c1-51-47-35-21-22-36-26-33-15-7-11-19-41(33)45(49(36)53-3)30-46-42-20-12-8-16-34(42)28-38(50(46)54-4)24-23-37-27-32-14-6-10-18-40(32)44(48(37)52-2)29-43(47)39-17-9-5-13-31(39)25-35/h5-20,25-28H,21-24,29-30H2,1-4H3. The molecule has 268 valence electrons. The van der Waals surface area contributed by atoms with E-state index in [9.17, 15) is 0 Å². The molecule has 54 heavy (non-hydrogen) atoms. The van der Waals surface area contributed by atoms with Gasteiger partial charge >= 0.3 is 0 Å². The molecule has 0 heterocycles. The van der Waals surface area contributed by atoms with E-state index >= 15 is 0 Å². The molecule has 1 aliphatic rings. The molecule has 0 radical (unpaired) electrons. The lowest BCUT2D eigenvalue weighted by atomic mass is 9.86. The SMILES string of the molecule is COc1c2cc3ccccc3c1Cc1c(OC)c(cc3ccccc13)CCc1cc3ccccc3c(c1OC)Cc1c(OC)c(cc3ccccc13)CC2. The molecular weight excluding hydrogens is 665 g/mol. The molecule has 0 N–H and O–H groups in total. The average molecular weight is 709 g/mol. The van der Waals surface area contributed by atoms with Crippen LogP contribution in [0.3, 0.4) is 0 Å². The van der Waals surface area contributed by atoms with Gasteiger partial charge in [0.25, 0.3) is 0 Å². The minimum Gasteiger partial charge on any atom is -0.496 e. The largest absolute Gasteiger partial charge is 0.496 e. The Morgan fingerprint density at radius 3 is 0.759 bits per heavy atom. The molecular formula is C50H44O4. The monoisotopic (exact) mass is 708 g/mol. The van der Waals surface area contributed by atoms with Gasteiger partial charge in [0.15, 0.2) is 0 Å². The van der Waals surface area contributed by atoms with Crippen molar-refractivity contribution >= 4 is 43.1 Å². The minimum atomic E-state index is 0.669. The van der Waals surface area contributed by atoms with Crippen molar-refractivity contribution in [1.29, 1.82) is 0 Å². The number of ether oxygens (including phenoxy) is 4. The first-order valence-corrected chi connectivity index (χ1v) is 18.9. The molecule has 0 saturated carbocycles. The molecule has 9 rings (SSSR count). The molecule has 0 saturated heterocycles. The van der Waals surface area contributed by atoms with Crippen molar-refractivity contribution in [2.75, 3.05) is 28.4 Å². The van der Waals surface area contributed by atoms with Crippen LogP contribution in [0.15, 0.2) is 121 Å². The van der Waals surface area contributed by atoms with Crippen molar-refractivity contribution in [2.24, 2.45) is 0 Å². The average Bonchev–Trinajstić information content (AvgIpc) is 3.21. The number of rotatable bonds is 4. The number of benzene rings is 8. The Morgan fingerprint density at radius 2 is 0.537 bits per heavy atom. The van der Waals surface area contributed by atoms with Gasteiger partial charge < -0.3 is 18.9 Å². The van der Waals surface area contributed by atoms with Crippen LogP contribution in [-0.4, -0.2) is 28.4 Å². The fourth-order valence-electron chi connectivity index (χ4n) is 9.22. The Labute approximate surface area is 316 Å². The highest BCUT2D eigenvalue weighted by molar-refractivity contribution is 5.95. The smallest absolute Gasteiger partial charge is 0.126 e. The Bertz CT molecular complexity index is 2350. The second-order valence-electron chi connectivity index (χ2n) is 14.4. The molecule has 0 amide bonds. The van der Waals surface area contributed by atoms with Gasteiger partial charge in [0.1, 0.15) is 23.0 Å². The maximum atomic E-state index is 6.41. The first-order valence-electron chi connectivity index (χ1n) is 18.9. The van der Waals surface area contributed by atoms with Gasteiger partial charge in [0.2, 0.25) is 0 Å². The molecule has 0 aliphatic heterocycles. The molecule has 0 atom stereocenters. The quantitative estimate of drug-likeness (QED) is 0.182. The summed E-state index contributed by atoms with van der Waals surface area (Å²) in [4.78, 5) is 0. The van der Waals surface area contributed by atoms with Crippen molar-refractivity contribution in [3.8, 4) is 23.0 Å². The normalized spacial score (nSPS) is 13.1. The third kappa shape index (κ3) is 5.69. The summed E-state index contributed by atoms with van der Waals surface area (Å²) in [5.74, 6) is 3.77. The zero-order chi connectivity index (χ0) is 36.8. The molecule has 0 aromatic heterocycles. The lowest BCUT2D eigenvalue weighted by molar-refractivity contribution is 0.397. The van der Waals surface area contributed by atoms with Crippen molar-refractivity contribution in [3.63, 3.8) is 0 Å². The lowest BCUT2D eigenvalue weighted by Gasteiger charge is -2.23. The summed E-state index contributed by atoms with van der Waals surface area (Å²) in [7, 11) is 7.26. The maximum Gasteiger partial charge on any atom is 0.126 e. The Kier molecular flexibility index (Phi) is 8.83. The summed E-state index contributed by atoms with van der Waals surface area (Å²) in [6.45, 7) is 0. The highest BCUT2D eigenvalue weighted by atomic mass is 16.5. The summed E-state index contributed by atoms with van der Waals surface area (Å²) < 4.78 is 25.7. The van der Waals surface area contributed by atoms with E-state index in [0.29, 0.717) is 12.8 Å². The van der Waals surface area contributed by atoms with E-state index in [2.05, 4.69) is 121 Å². The molecule has 0 unspecified atom stereocenters. The van der Waals surface area contributed by atoms with E-state index in [1.165, 1.54) is 87.6 Å². The summed E-state index contributed by atoms with van der Waals surface area (Å²) in [6, 6.07) is 44.1. The Balaban J connectivity index is 1.35. The maximum absolute atomic E-state index is 6.41. The highest BCUT2D eigenvalue weighted by Crippen LogP contribution is 2.44. The van der Waals surface area contributed by atoms with Crippen molar-refractivity contribution in [3.05, 3.63) is 166 Å². The van der Waals surface area contributed by atoms with Gasteiger partial charge in [-0.3, -0.25) is 0 Å². The summed E-state index contributed by atoms with van der Waals surface area (Å²) in [5, 5.41) is 9.63. The van der Waals surface area contributed by atoms with Gasteiger partial charge in [0.05, 0.1) is 28.4 Å². The number of methoxy groups -OCH3 is 4. The van der Waals surface area contributed by atoms with Crippen LogP contribution < -0.4 is 18.9 Å². The van der Waals surface area contributed by atoms with Gasteiger partial charge in [-0.25, -0.2) is 0 Å². The zero-order valence-corrected chi connectivity index (χ0v) is 31.4. The summed E-state index contributed by atoms with van der Waals surface area (Å²) in [5.41, 5.74) is 9.46. The predicted molar refractivity (Wildman–Crippen MR) is 222 cm³/mol. The topological polar surface area (TPSA) is 36.9 Å². The number of hydrogen-bond donors (Lipinski definition) is 0.